The predicted molar refractivity (Wildman–Crippen MR) is 39.2 cm³/mol. The third kappa shape index (κ3) is 0.798. The van der Waals surface area contributed by atoms with Gasteiger partial charge in [0, 0.05) is 0 Å². The van der Waals surface area contributed by atoms with Crippen LogP contribution < -0.4 is 0 Å². The summed E-state index contributed by atoms with van der Waals surface area (Å²) in [4.78, 5) is 0. The van der Waals surface area contributed by atoms with E-state index in [1.54, 1.807) is 19.3 Å². The predicted octanol–water partition coefficient (Wildman–Crippen LogP) is 2.83. The molecule has 0 aromatic carbocycles. The lowest BCUT2D eigenvalue weighted by Gasteiger charge is -2.46. The van der Waals surface area contributed by atoms with Crippen LogP contribution in [-0.4, -0.2) is 0 Å². The van der Waals surface area contributed by atoms with Gasteiger partial charge in [0.05, 0.1) is 0 Å². The lowest BCUT2D eigenvalue weighted by atomic mass is 9.59. The first kappa shape index (κ1) is 5.76. The Morgan fingerprint density at radius 2 is 1.89 bits per heavy atom. The molecule has 0 bridgehead atoms. The van der Waals surface area contributed by atoms with E-state index in [4.69, 9.17) is 0 Å². The molecule has 0 nitrogen and oxygen atoms in total. The maximum Gasteiger partial charge on any atom is -0.0360 e. The molecule has 0 spiro atoms. The van der Waals surface area contributed by atoms with E-state index < -0.39 is 0 Å². The molecule has 0 saturated heterocycles. The van der Waals surface area contributed by atoms with Crippen LogP contribution in [0.4, 0.5) is 0 Å². The van der Waals surface area contributed by atoms with Crippen LogP contribution in [0.2, 0.25) is 0 Å². The zero-order chi connectivity index (χ0) is 6.27. The topological polar surface area (TPSA) is 0 Å². The Bertz CT molecular complexity index is 105. The molecule has 3 unspecified atom stereocenters. The normalized spacial score (nSPS) is 49.7. The highest BCUT2D eigenvalue weighted by molar-refractivity contribution is 4.88. The number of hydrogen-bond donors (Lipinski definition) is 0. The summed E-state index contributed by atoms with van der Waals surface area (Å²) < 4.78 is 0. The summed E-state index contributed by atoms with van der Waals surface area (Å²) in [5.74, 6) is 3.39. The van der Waals surface area contributed by atoms with Crippen LogP contribution in [0.1, 0.15) is 39.0 Å². The van der Waals surface area contributed by atoms with Crippen LogP contribution in [0, 0.1) is 17.8 Å². The molecular formula is C9H16. The molecular weight excluding hydrogens is 108 g/mol. The summed E-state index contributed by atoms with van der Waals surface area (Å²) in [7, 11) is 0. The van der Waals surface area contributed by atoms with Crippen LogP contribution in [-0.2, 0) is 0 Å². The summed E-state index contributed by atoms with van der Waals surface area (Å²) in [6, 6.07) is 0. The number of rotatable bonds is 0. The maximum absolute atomic E-state index is 2.42. The lowest BCUT2D eigenvalue weighted by molar-refractivity contribution is 0.0421. The summed E-state index contributed by atoms with van der Waals surface area (Å²) in [5, 5.41) is 0. The van der Waals surface area contributed by atoms with Gasteiger partial charge < -0.3 is 0 Å². The molecule has 2 aliphatic carbocycles. The SMILES string of the molecule is CC1CC2CCCCC12. The Morgan fingerprint density at radius 1 is 1.11 bits per heavy atom. The third-order valence-electron chi connectivity index (χ3n) is 3.37. The first-order chi connectivity index (χ1) is 4.38. The molecule has 52 valence electrons. The first-order valence-corrected chi connectivity index (χ1v) is 4.38. The van der Waals surface area contributed by atoms with E-state index >= 15 is 0 Å². The van der Waals surface area contributed by atoms with Gasteiger partial charge in [0.1, 0.15) is 0 Å². The fraction of sp³-hybridized carbons (Fsp3) is 1.00. The molecule has 2 saturated carbocycles. The second-order valence-corrected chi connectivity index (χ2v) is 3.92. The first-order valence-electron chi connectivity index (χ1n) is 4.38. The van der Waals surface area contributed by atoms with E-state index in [0.717, 1.165) is 17.8 Å². The molecule has 0 N–H and O–H groups in total. The van der Waals surface area contributed by atoms with E-state index in [1.807, 2.05) is 0 Å². The van der Waals surface area contributed by atoms with Gasteiger partial charge in [-0.3, -0.25) is 0 Å². The molecule has 2 fully saturated rings. The average molecular weight is 124 g/mol. The Kier molecular flexibility index (Phi) is 1.28. The fourth-order valence-corrected chi connectivity index (χ4v) is 2.73. The Balaban J connectivity index is 1.94. The monoisotopic (exact) mass is 124 g/mol. The number of hydrogen-bond acceptors (Lipinski definition) is 0. The summed E-state index contributed by atoms with van der Waals surface area (Å²) in [5.41, 5.74) is 0. The van der Waals surface area contributed by atoms with Gasteiger partial charge >= 0.3 is 0 Å². The highest BCUT2D eigenvalue weighted by Gasteiger charge is 2.38. The standard InChI is InChI=1S/C9H16/c1-7-6-8-4-2-3-5-9(7)8/h7-9H,2-6H2,1H3. The molecule has 0 heterocycles. The van der Waals surface area contributed by atoms with Gasteiger partial charge in [0.2, 0.25) is 0 Å². The van der Waals surface area contributed by atoms with Gasteiger partial charge in [0.15, 0.2) is 0 Å². The van der Waals surface area contributed by atoms with Crippen molar-refractivity contribution in [3.63, 3.8) is 0 Å². The van der Waals surface area contributed by atoms with Crippen molar-refractivity contribution in [3.05, 3.63) is 0 Å². The Hall–Kier alpha value is 0. The molecule has 0 aromatic heterocycles. The van der Waals surface area contributed by atoms with E-state index in [-0.39, 0.29) is 0 Å². The van der Waals surface area contributed by atoms with Crippen molar-refractivity contribution in [1.82, 2.24) is 0 Å². The highest BCUT2D eigenvalue weighted by Crippen LogP contribution is 2.48. The highest BCUT2D eigenvalue weighted by atomic mass is 14.4. The minimum atomic E-state index is 1.08. The van der Waals surface area contributed by atoms with Crippen molar-refractivity contribution in [2.75, 3.05) is 0 Å². The van der Waals surface area contributed by atoms with Crippen molar-refractivity contribution in [1.29, 1.82) is 0 Å². The molecule has 3 atom stereocenters. The Morgan fingerprint density at radius 3 is 2.44 bits per heavy atom. The molecule has 0 heteroatoms. The molecule has 2 aliphatic rings. The van der Waals surface area contributed by atoms with Crippen molar-refractivity contribution in [3.8, 4) is 0 Å². The third-order valence-corrected chi connectivity index (χ3v) is 3.37. The zero-order valence-corrected chi connectivity index (χ0v) is 6.27. The largest absolute Gasteiger partial charge is 0.0622 e. The van der Waals surface area contributed by atoms with E-state index in [9.17, 15) is 0 Å². The lowest BCUT2D eigenvalue weighted by Crippen LogP contribution is -2.36. The minimum absolute atomic E-state index is 1.08. The van der Waals surface area contributed by atoms with Crippen LogP contribution in [0.25, 0.3) is 0 Å². The van der Waals surface area contributed by atoms with Crippen LogP contribution in [0.15, 0.2) is 0 Å². The average Bonchev–Trinajstić information content (AvgIpc) is 1.86. The molecule has 0 aliphatic heterocycles. The summed E-state index contributed by atoms with van der Waals surface area (Å²) in [6.45, 7) is 2.42. The van der Waals surface area contributed by atoms with Gasteiger partial charge in [-0.05, 0) is 30.6 Å². The summed E-state index contributed by atoms with van der Waals surface area (Å²) in [6.07, 6.45) is 7.69. The molecule has 2 rings (SSSR count). The van der Waals surface area contributed by atoms with E-state index in [2.05, 4.69) is 6.92 Å². The molecule has 0 amide bonds. The Labute approximate surface area is 57.6 Å². The second-order valence-electron chi connectivity index (χ2n) is 3.92. The molecule has 0 radical (unpaired) electrons. The van der Waals surface area contributed by atoms with Gasteiger partial charge in [0.25, 0.3) is 0 Å². The van der Waals surface area contributed by atoms with Gasteiger partial charge in [-0.2, -0.15) is 0 Å². The number of fused-ring (bicyclic) bond motifs is 1. The van der Waals surface area contributed by atoms with Crippen molar-refractivity contribution in [2.24, 2.45) is 17.8 Å². The molecule has 9 heavy (non-hydrogen) atoms. The fourth-order valence-electron chi connectivity index (χ4n) is 2.73. The van der Waals surface area contributed by atoms with Gasteiger partial charge in [-0.15, -0.1) is 0 Å². The quantitative estimate of drug-likeness (QED) is 0.466. The van der Waals surface area contributed by atoms with Crippen molar-refractivity contribution >= 4 is 0 Å². The second kappa shape index (κ2) is 2.00. The maximum atomic E-state index is 2.42. The van der Waals surface area contributed by atoms with Crippen molar-refractivity contribution in [2.45, 2.75) is 39.0 Å². The molecule has 0 aromatic rings. The summed E-state index contributed by atoms with van der Waals surface area (Å²) >= 11 is 0. The minimum Gasteiger partial charge on any atom is -0.0622 e. The van der Waals surface area contributed by atoms with Crippen molar-refractivity contribution < 1.29 is 0 Å². The van der Waals surface area contributed by atoms with Crippen LogP contribution >= 0.6 is 0 Å². The van der Waals surface area contributed by atoms with Gasteiger partial charge in [-0.25, -0.2) is 0 Å². The van der Waals surface area contributed by atoms with Crippen LogP contribution in [0.5, 0.6) is 0 Å². The van der Waals surface area contributed by atoms with E-state index in [1.165, 1.54) is 12.8 Å². The smallest absolute Gasteiger partial charge is 0.0360 e. The van der Waals surface area contributed by atoms with Crippen LogP contribution in [0.3, 0.4) is 0 Å². The van der Waals surface area contributed by atoms with Gasteiger partial charge in [-0.1, -0.05) is 26.2 Å². The van der Waals surface area contributed by atoms with E-state index in [0.29, 0.717) is 0 Å². The zero-order valence-electron chi connectivity index (χ0n) is 6.27.